The van der Waals surface area contributed by atoms with Crippen molar-refractivity contribution in [1.82, 2.24) is 4.98 Å². The van der Waals surface area contributed by atoms with E-state index in [4.69, 9.17) is 0 Å². The molecule has 1 aromatic heterocycles. The molecule has 2 bridgehead atoms. The van der Waals surface area contributed by atoms with E-state index in [1.807, 2.05) is 18.2 Å². The molecule has 1 heterocycles. The number of aromatic nitrogens is 1. The van der Waals surface area contributed by atoms with E-state index in [2.05, 4.69) is 48.5 Å². The van der Waals surface area contributed by atoms with Crippen molar-refractivity contribution < 1.29 is 5.11 Å². The highest BCUT2D eigenvalue weighted by molar-refractivity contribution is 7.15. The molecule has 0 saturated heterocycles. The minimum absolute atomic E-state index is 0.182. The van der Waals surface area contributed by atoms with E-state index in [0.29, 0.717) is 17.4 Å². The third-order valence-corrected chi connectivity index (χ3v) is 7.83. The van der Waals surface area contributed by atoms with Gasteiger partial charge in [0, 0.05) is 24.7 Å². The van der Waals surface area contributed by atoms with E-state index in [1.54, 1.807) is 11.3 Å². The normalized spacial score (nSPS) is 29.0. The van der Waals surface area contributed by atoms with Crippen molar-refractivity contribution in [3.63, 3.8) is 0 Å². The first-order valence-electron chi connectivity index (χ1n) is 9.69. The van der Waals surface area contributed by atoms with Gasteiger partial charge in [-0.25, -0.2) is 0 Å². The van der Waals surface area contributed by atoms with E-state index < -0.39 is 0 Å². The van der Waals surface area contributed by atoms with Gasteiger partial charge in [0.15, 0.2) is 5.13 Å². The Bertz CT molecular complexity index is 758. The van der Waals surface area contributed by atoms with Crippen molar-refractivity contribution in [2.24, 2.45) is 23.2 Å². The van der Waals surface area contributed by atoms with E-state index in [9.17, 15) is 5.11 Å². The fraction of sp³-hybridized carbons (Fsp3) is 0.571. The Hall–Kier alpha value is -1.75. The largest absolute Gasteiger partial charge is 0.492 e. The average Bonchev–Trinajstić information content (AvgIpc) is 2.96. The van der Waals surface area contributed by atoms with Gasteiger partial charge in [-0.15, -0.1) is 0 Å². The lowest BCUT2D eigenvalue weighted by Crippen LogP contribution is -2.58. The molecule has 4 nitrogen and oxygen atoms in total. The Kier molecular flexibility index (Phi) is 4.59. The maximum Gasteiger partial charge on any atom is 0.227 e. The average molecular weight is 372 g/mol. The molecular formula is C21H29N3OS. The smallest absolute Gasteiger partial charge is 0.227 e. The third kappa shape index (κ3) is 3.18. The summed E-state index contributed by atoms with van der Waals surface area (Å²) in [6, 6.07) is 10.6. The minimum atomic E-state index is 0.182. The van der Waals surface area contributed by atoms with Crippen LogP contribution in [-0.4, -0.2) is 22.7 Å². The highest BCUT2D eigenvalue weighted by atomic mass is 32.1. The summed E-state index contributed by atoms with van der Waals surface area (Å²) in [7, 11) is 0. The fourth-order valence-corrected chi connectivity index (χ4v) is 5.86. The van der Waals surface area contributed by atoms with Crippen molar-refractivity contribution in [3.8, 4) is 5.88 Å². The van der Waals surface area contributed by atoms with Gasteiger partial charge >= 0.3 is 0 Å². The van der Waals surface area contributed by atoms with Crippen molar-refractivity contribution in [1.29, 1.82) is 0 Å². The molecule has 0 spiro atoms. The molecule has 5 rings (SSSR count). The highest BCUT2D eigenvalue weighted by Gasteiger charge is 2.56. The van der Waals surface area contributed by atoms with Crippen LogP contribution in [0.4, 0.5) is 10.8 Å². The summed E-state index contributed by atoms with van der Waals surface area (Å²) in [5.74, 6) is 2.47. The van der Waals surface area contributed by atoms with Crippen molar-refractivity contribution in [2.75, 3.05) is 17.2 Å². The van der Waals surface area contributed by atoms with Crippen molar-refractivity contribution in [2.45, 2.75) is 46.1 Å². The van der Waals surface area contributed by atoms with Gasteiger partial charge < -0.3 is 15.7 Å². The lowest BCUT2D eigenvalue weighted by molar-refractivity contribution is -0.105. The van der Waals surface area contributed by atoms with Gasteiger partial charge in [0.2, 0.25) is 5.88 Å². The summed E-state index contributed by atoms with van der Waals surface area (Å²) in [6.07, 6.45) is 3.38. The van der Waals surface area contributed by atoms with Crippen LogP contribution in [0, 0.1) is 23.2 Å². The molecule has 3 aliphatic carbocycles. The lowest BCUT2D eigenvalue weighted by Gasteiger charge is -2.62. The van der Waals surface area contributed by atoms with Crippen molar-refractivity contribution >= 4 is 22.2 Å². The van der Waals surface area contributed by atoms with Gasteiger partial charge in [-0.2, -0.15) is 4.98 Å². The third-order valence-electron chi connectivity index (χ3n) is 6.79. The lowest BCUT2D eigenvalue weighted by atomic mass is 9.45. The molecule has 3 saturated carbocycles. The zero-order chi connectivity index (χ0) is 18.3. The van der Waals surface area contributed by atoms with Gasteiger partial charge in [-0.05, 0) is 48.1 Å². The van der Waals surface area contributed by atoms with Gasteiger partial charge in [-0.1, -0.05) is 50.3 Å². The molecule has 0 aliphatic heterocycles. The second-order valence-corrected chi connectivity index (χ2v) is 9.60. The number of hydrogen-bond acceptors (Lipinski definition) is 5. The quantitative estimate of drug-likeness (QED) is 0.670. The zero-order valence-electron chi connectivity index (χ0n) is 15.8. The molecule has 4 atom stereocenters. The Morgan fingerprint density at radius 1 is 1.23 bits per heavy atom. The van der Waals surface area contributed by atoms with Crippen LogP contribution in [0.25, 0.3) is 0 Å². The van der Waals surface area contributed by atoms with Crippen LogP contribution >= 0.6 is 11.3 Å². The highest BCUT2D eigenvalue weighted by Crippen LogP contribution is 2.61. The molecule has 0 amide bonds. The number of aromatic hydroxyl groups is 1. The Morgan fingerprint density at radius 2 is 2.00 bits per heavy atom. The molecule has 3 aliphatic rings. The monoisotopic (exact) mass is 371 g/mol. The molecule has 1 aromatic carbocycles. The number of fused-ring (bicyclic) bond motifs is 2. The van der Waals surface area contributed by atoms with Gasteiger partial charge in [0.1, 0.15) is 0 Å². The number of anilines is 2. The second kappa shape index (κ2) is 6.76. The molecule has 5 heteroatoms. The van der Waals surface area contributed by atoms with Crippen LogP contribution < -0.4 is 10.6 Å². The number of para-hydroxylation sites is 1. The summed E-state index contributed by atoms with van der Waals surface area (Å²) >= 11 is 1.59. The van der Waals surface area contributed by atoms with Crippen LogP contribution in [0.2, 0.25) is 0 Å². The predicted octanol–water partition coefficient (Wildman–Crippen LogP) is 4.99. The topological polar surface area (TPSA) is 57.2 Å². The Morgan fingerprint density at radius 3 is 2.69 bits per heavy atom. The maximum absolute atomic E-state index is 10.2. The first kappa shape index (κ1) is 17.7. The first-order valence-corrected chi connectivity index (χ1v) is 10.5. The van der Waals surface area contributed by atoms with E-state index in [0.717, 1.165) is 40.5 Å². The fourth-order valence-electron chi connectivity index (χ4n) is 4.94. The Balaban J connectivity index is 1.34. The zero-order valence-corrected chi connectivity index (χ0v) is 16.6. The molecule has 2 aromatic rings. The molecule has 3 fully saturated rings. The SMILES string of the molecule is C[C@@H]1[C@H]2C[C@@H](C[C@H]1Nc1nc(O)c(CCNc3ccccc3)s1)C2(C)C. The molecule has 140 valence electrons. The number of benzene rings is 1. The number of rotatable bonds is 6. The molecule has 0 unspecified atom stereocenters. The summed E-state index contributed by atoms with van der Waals surface area (Å²) in [6.45, 7) is 8.01. The second-order valence-electron chi connectivity index (χ2n) is 8.51. The van der Waals surface area contributed by atoms with Crippen LogP contribution in [0.3, 0.4) is 0 Å². The molecular weight excluding hydrogens is 342 g/mol. The van der Waals surface area contributed by atoms with Crippen LogP contribution in [0.15, 0.2) is 30.3 Å². The van der Waals surface area contributed by atoms with E-state index >= 15 is 0 Å². The number of hydrogen-bond donors (Lipinski definition) is 3. The first-order chi connectivity index (χ1) is 12.4. The van der Waals surface area contributed by atoms with Crippen LogP contribution in [0.5, 0.6) is 5.88 Å². The molecule has 0 radical (unpaired) electrons. The maximum atomic E-state index is 10.2. The summed E-state index contributed by atoms with van der Waals surface area (Å²) < 4.78 is 0. The van der Waals surface area contributed by atoms with Crippen molar-refractivity contribution in [3.05, 3.63) is 35.2 Å². The summed E-state index contributed by atoms with van der Waals surface area (Å²) in [5.41, 5.74) is 1.60. The number of nitrogens with one attached hydrogen (secondary N) is 2. The minimum Gasteiger partial charge on any atom is -0.492 e. The summed E-state index contributed by atoms with van der Waals surface area (Å²) in [4.78, 5) is 5.33. The molecule has 26 heavy (non-hydrogen) atoms. The Labute approximate surface area is 160 Å². The van der Waals surface area contributed by atoms with Crippen LogP contribution in [-0.2, 0) is 6.42 Å². The van der Waals surface area contributed by atoms with Crippen LogP contribution in [0.1, 0.15) is 38.5 Å². The molecule has 3 N–H and O–H groups in total. The number of nitrogens with zero attached hydrogens (tertiary/aromatic N) is 1. The van der Waals surface area contributed by atoms with E-state index in [1.165, 1.54) is 12.8 Å². The van der Waals surface area contributed by atoms with E-state index in [-0.39, 0.29) is 5.88 Å². The number of thiazole rings is 1. The standard InChI is InChI=1S/C21H29N3OS/c1-13-16-11-14(21(16,2)3)12-17(13)23-20-24-19(25)18(26-20)9-10-22-15-7-5-4-6-8-15/h4-8,13-14,16-17,22,25H,9-12H2,1-3H3,(H,23,24)/t13-,14+,16-,17-/m1/s1. The van der Waals surface area contributed by atoms with Gasteiger partial charge in [0.05, 0.1) is 4.88 Å². The van der Waals surface area contributed by atoms with Gasteiger partial charge in [0.25, 0.3) is 0 Å². The summed E-state index contributed by atoms with van der Waals surface area (Å²) in [5, 5.41) is 18.1. The van der Waals surface area contributed by atoms with Gasteiger partial charge in [-0.3, -0.25) is 0 Å². The predicted molar refractivity (Wildman–Crippen MR) is 109 cm³/mol.